The number of nitrogens with zero attached hydrogens (tertiary/aromatic N) is 5. The molecule has 2 saturated heterocycles. The number of aromatic nitrogens is 2. The van der Waals surface area contributed by atoms with Crippen molar-refractivity contribution in [3.05, 3.63) is 59.7 Å². The van der Waals surface area contributed by atoms with Gasteiger partial charge < -0.3 is 30.3 Å². The van der Waals surface area contributed by atoms with Crippen molar-refractivity contribution >= 4 is 35.1 Å². The number of piperidine rings is 1. The monoisotopic (exact) mass is 683 g/mol. The lowest BCUT2D eigenvalue weighted by Crippen LogP contribution is -2.52. The number of nitrogens with two attached hydrogens (primary N) is 1. The Morgan fingerprint density at radius 1 is 0.900 bits per heavy atom. The number of piperazine rings is 1. The van der Waals surface area contributed by atoms with Crippen molar-refractivity contribution < 1.29 is 29.0 Å². The van der Waals surface area contributed by atoms with Gasteiger partial charge in [0.25, 0.3) is 5.91 Å². The Hall–Kier alpha value is -5.20. The molecule has 13 heteroatoms. The van der Waals surface area contributed by atoms with Crippen LogP contribution >= 0.6 is 0 Å². The summed E-state index contributed by atoms with van der Waals surface area (Å²) in [7, 11) is 0. The third kappa shape index (κ3) is 7.98. The summed E-state index contributed by atoms with van der Waals surface area (Å²) in [4.78, 5) is 55.4. The highest BCUT2D eigenvalue weighted by Crippen LogP contribution is 2.34. The van der Waals surface area contributed by atoms with E-state index in [0.717, 1.165) is 56.2 Å². The largest absolute Gasteiger partial charge is 0.507 e. The third-order valence-corrected chi connectivity index (χ3v) is 9.79. The Kier molecular flexibility index (Phi) is 11.1. The number of fused-ring (bicyclic) bond motifs is 1. The molecule has 3 aliphatic rings. The number of rotatable bonds is 14. The van der Waals surface area contributed by atoms with Crippen LogP contribution in [0, 0.1) is 0 Å². The van der Waals surface area contributed by atoms with Gasteiger partial charge in [-0.05, 0) is 49.6 Å². The topological polar surface area (TPSA) is 171 Å². The SMILES string of the molecule is Nc1nnc(-c2ccccc2O)cc1N1CCN(C(=O)CCCCCCCCCOc2cccc3c2CN(C2CCC(=O)NC2=O)C3=O)CC1. The van der Waals surface area contributed by atoms with Crippen LogP contribution in [0.2, 0.25) is 0 Å². The molecule has 13 nitrogen and oxygen atoms in total. The first-order valence-corrected chi connectivity index (χ1v) is 17.6. The van der Waals surface area contributed by atoms with Crippen LogP contribution in [0.1, 0.15) is 80.1 Å². The molecule has 4 heterocycles. The number of aromatic hydroxyl groups is 1. The molecule has 6 rings (SSSR count). The molecule has 50 heavy (non-hydrogen) atoms. The molecule has 4 N–H and O–H groups in total. The van der Waals surface area contributed by atoms with Gasteiger partial charge in [0.15, 0.2) is 5.82 Å². The van der Waals surface area contributed by atoms with E-state index >= 15 is 0 Å². The van der Waals surface area contributed by atoms with Crippen molar-refractivity contribution in [3.63, 3.8) is 0 Å². The molecule has 3 aliphatic heterocycles. The summed E-state index contributed by atoms with van der Waals surface area (Å²) in [5.41, 5.74) is 9.42. The first kappa shape index (κ1) is 34.7. The highest BCUT2D eigenvalue weighted by molar-refractivity contribution is 6.05. The highest BCUT2D eigenvalue weighted by atomic mass is 16.5. The minimum atomic E-state index is -0.640. The van der Waals surface area contributed by atoms with Gasteiger partial charge in [0, 0.05) is 55.7 Å². The van der Waals surface area contributed by atoms with Gasteiger partial charge in [-0.15, -0.1) is 10.2 Å². The molecule has 1 unspecified atom stereocenters. The lowest BCUT2D eigenvalue weighted by atomic mass is 10.0. The van der Waals surface area contributed by atoms with E-state index in [1.807, 2.05) is 23.1 Å². The van der Waals surface area contributed by atoms with Crippen LogP contribution in [0.3, 0.4) is 0 Å². The fourth-order valence-electron chi connectivity index (χ4n) is 6.96. The molecule has 264 valence electrons. The van der Waals surface area contributed by atoms with E-state index in [1.54, 1.807) is 35.2 Å². The zero-order valence-electron chi connectivity index (χ0n) is 28.3. The molecule has 3 aromatic rings. The fourth-order valence-corrected chi connectivity index (χ4v) is 6.96. The quantitative estimate of drug-likeness (QED) is 0.166. The fraction of sp³-hybridized carbons (Fsp3) is 0.459. The van der Waals surface area contributed by atoms with Gasteiger partial charge in [-0.1, -0.05) is 50.3 Å². The smallest absolute Gasteiger partial charge is 0.255 e. The van der Waals surface area contributed by atoms with Gasteiger partial charge >= 0.3 is 0 Å². The molecule has 2 aromatic carbocycles. The number of unbranched alkanes of at least 4 members (excludes halogenated alkanes) is 6. The van der Waals surface area contributed by atoms with Gasteiger partial charge in [0.1, 0.15) is 17.5 Å². The second-order valence-electron chi connectivity index (χ2n) is 13.1. The molecule has 1 aromatic heterocycles. The van der Waals surface area contributed by atoms with Crippen LogP contribution in [-0.2, 0) is 20.9 Å². The molecule has 0 bridgehead atoms. The Morgan fingerprint density at radius 3 is 2.38 bits per heavy atom. The highest BCUT2D eigenvalue weighted by Gasteiger charge is 2.40. The summed E-state index contributed by atoms with van der Waals surface area (Å²) in [5.74, 6) is 0.404. The number of para-hydroxylation sites is 1. The van der Waals surface area contributed by atoms with Crippen molar-refractivity contribution in [3.8, 4) is 22.8 Å². The van der Waals surface area contributed by atoms with Crippen LogP contribution in [-0.4, -0.2) is 87.6 Å². The number of hydrogen-bond donors (Lipinski definition) is 3. The summed E-state index contributed by atoms with van der Waals surface area (Å²) < 4.78 is 6.07. The Morgan fingerprint density at radius 2 is 1.62 bits per heavy atom. The van der Waals surface area contributed by atoms with Crippen molar-refractivity contribution in [1.82, 2.24) is 25.3 Å². The van der Waals surface area contributed by atoms with Crippen LogP contribution in [0.5, 0.6) is 11.5 Å². The predicted octanol–water partition coefficient (Wildman–Crippen LogP) is 4.04. The third-order valence-electron chi connectivity index (χ3n) is 9.79. The van der Waals surface area contributed by atoms with Crippen molar-refractivity contribution in [2.24, 2.45) is 0 Å². The number of nitrogens with one attached hydrogen (secondary N) is 1. The number of phenolic OH excluding ortho intramolecular Hbond substituents is 1. The summed E-state index contributed by atoms with van der Waals surface area (Å²) in [6.07, 6.45) is 8.22. The number of nitrogen functional groups attached to an aromatic ring is 1. The second kappa shape index (κ2) is 16.0. The molecule has 1 atom stereocenters. The summed E-state index contributed by atoms with van der Waals surface area (Å²) in [6, 6.07) is 13.6. The van der Waals surface area contributed by atoms with Gasteiger partial charge in [0.05, 0.1) is 24.5 Å². The Bertz CT molecular complexity index is 1720. The zero-order chi connectivity index (χ0) is 35.0. The zero-order valence-corrected chi connectivity index (χ0v) is 28.3. The molecule has 4 amide bonds. The predicted molar refractivity (Wildman–Crippen MR) is 187 cm³/mol. The summed E-state index contributed by atoms with van der Waals surface area (Å²) in [6.45, 7) is 3.39. The molecule has 0 spiro atoms. The lowest BCUT2D eigenvalue weighted by molar-refractivity contribution is -0.137. The standard InChI is InChI=1S/C37H45N7O6/c38-35-30(23-28(40-41-35)26-11-7-8-13-31(26)45)42-18-20-43(21-19-42)34(47)15-6-4-2-1-3-5-9-22-50-32-14-10-12-25-27(32)24-44(37(25)49)29-16-17-33(46)39-36(29)48/h7-8,10-14,23,29,45H,1-6,9,15-22,24H2,(H2,38,41)(H,39,46,48). The second-order valence-corrected chi connectivity index (χ2v) is 13.1. The van der Waals surface area contributed by atoms with Crippen LogP contribution in [0.25, 0.3) is 11.3 Å². The summed E-state index contributed by atoms with van der Waals surface area (Å²) >= 11 is 0. The molecule has 0 saturated carbocycles. The number of amides is 4. The number of imide groups is 1. The number of hydrogen-bond acceptors (Lipinski definition) is 10. The van der Waals surface area contributed by atoms with E-state index < -0.39 is 11.9 Å². The maximum absolute atomic E-state index is 13.0. The van der Waals surface area contributed by atoms with E-state index in [4.69, 9.17) is 10.5 Å². The maximum atomic E-state index is 13.0. The number of carbonyl (C=O) groups is 4. The number of benzene rings is 2. The maximum Gasteiger partial charge on any atom is 0.255 e. The van der Waals surface area contributed by atoms with Crippen molar-refractivity contribution in [2.75, 3.05) is 43.4 Å². The molecule has 2 fully saturated rings. The first-order chi connectivity index (χ1) is 24.3. The minimum absolute atomic E-state index is 0.133. The number of carbonyl (C=O) groups excluding carboxylic acids is 4. The van der Waals surface area contributed by atoms with E-state index in [0.29, 0.717) is 80.6 Å². The molecule has 0 aliphatic carbocycles. The summed E-state index contributed by atoms with van der Waals surface area (Å²) in [5, 5.41) is 20.8. The van der Waals surface area contributed by atoms with Gasteiger partial charge in [-0.25, -0.2) is 0 Å². The van der Waals surface area contributed by atoms with Gasteiger partial charge in [0.2, 0.25) is 17.7 Å². The molecular formula is C37H45N7O6. The lowest BCUT2D eigenvalue weighted by Gasteiger charge is -2.36. The normalized spacial score (nSPS) is 17.6. The van der Waals surface area contributed by atoms with E-state index in [9.17, 15) is 24.3 Å². The van der Waals surface area contributed by atoms with Gasteiger partial charge in [-0.2, -0.15) is 0 Å². The van der Waals surface area contributed by atoms with E-state index in [-0.39, 0.29) is 29.9 Å². The van der Waals surface area contributed by atoms with Gasteiger partial charge in [-0.3, -0.25) is 24.5 Å². The Balaban J connectivity index is 0.837. The first-order valence-electron chi connectivity index (χ1n) is 17.6. The van der Waals surface area contributed by atoms with Crippen molar-refractivity contribution in [1.29, 1.82) is 0 Å². The molecular weight excluding hydrogens is 638 g/mol. The number of phenols is 1. The average molecular weight is 684 g/mol. The average Bonchev–Trinajstić information content (AvgIpc) is 3.46. The Labute approximate surface area is 291 Å². The van der Waals surface area contributed by atoms with Crippen molar-refractivity contribution in [2.45, 2.75) is 76.8 Å². The van der Waals surface area contributed by atoms with E-state index in [1.165, 1.54) is 0 Å². The van der Waals surface area contributed by atoms with Crippen LogP contribution < -0.4 is 20.7 Å². The van der Waals surface area contributed by atoms with Crippen LogP contribution in [0.4, 0.5) is 11.5 Å². The number of ether oxygens (including phenoxy) is 1. The minimum Gasteiger partial charge on any atom is -0.507 e. The number of anilines is 2. The van der Waals surface area contributed by atoms with Crippen LogP contribution in [0.15, 0.2) is 48.5 Å². The van der Waals surface area contributed by atoms with E-state index in [2.05, 4.69) is 20.4 Å². The molecule has 0 radical (unpaired) electrons.